The summed E-state index contributed by atoms with van der Waals surface area (Å²) >= 11 is 0. The molecular formula is C20H23NO. The molecule has 0 saturated heterocycles. The quantitative estimate of drug-likeness (QED) is 0.794. The first-order valence-corrected chi connectivity index (χ1v) is 7.79. The molecule has 2 heteroatoms. The van der Waals surface area contributed by atoms with Gasteiger partial charge in [-0.25, -0.2) is 0 Å². The van der Waals surface area contributed by atoms with E-state index in [0.29, 0.717) is 6.42 Å². The van der Waals surface area contributed by atoms with Crippen molar-refractivity contribution in [2.24, 2.45) is 0 Å². The zero-order valence-electron chi connectivity index (χ0n) is 13.3. The highest BCUT2D eigenvalue weighted by Gasteiger charge is 2.12. The van der Waals surface area contributed by atoms with Gasteiger partial charge in [0.15, 0.2) is 0 Å². The summed E-state index contributed by atoms with van der Waals surface area (Å²) < 4.78 is 0. The first-order valence-electron chi connectivity index (χ1n) is 7.79. The van der Waals surface area contributed by atoms with Crippen molar-refractivity contribution in [2.75, 3.05) is 0 Å². The van der Waals surface area contributed by atoms with Crippen LogP contribution < -0.4 is 5.32 Å². The molecule has 2 aromatic rings. The number of nitrogens with one attached hydrogen (secondary N) is 1. The summed E-state index contributed by atoms with van der Waals surface area (Å²) in [5.41, 5.74) is 2.98. The molecule has 0 saturated carbocycles. The van der Waals surface area contributed by atoms with Crippen LogP contribution in [0.3, 0.4) is 0 Å². The summed E-state index contributed by atoms with van der Waals surface area (Å²) in [5, 5.41) is 3.06. The van der Waals surface area contributed by atoms with Gasteiger partial charge in [0.05, 0.1) is 0 Å². The van der Waals surface area contributed by atoms with Crippen LogP contribution in [0.4, 0.5) is 0 Å². The van der Waals surface area contributed by atoms with Crippen molar-refractivity contribution in [1.29, 1.82) is 0 Å². The highest BCUT2D eigenvalue weighted by Crippen LogP contribution is 2.13. The molecule has 1 amide bonds. The molecule has 0 heterocycles. The molecule has 0 aliphatic heterocycles. The monoisotopic (exact) mass is 293 g/mol. The Morgan fingerprint density at radius 1 is 1.05 bits per heavy atom. The van der Waals surface area contributed by atoms with Crippen LogP contribution in [0.5, 0.6) is 0 Å². The smallest absolute Gasteiger partial charge is 0.247 e. The van der Waals surface area contributed by atoms with Crippen LogP contribution in [0.15, 0.2) is 66.2 Å². The summed E-state index contributed by atoms with van der Waals surface area (Å²) in [6.07, 6.45) is 3.54. The summed E-state index contributed by atoms with van der Waals surface area (Å²) in [5.74, 6) is 0.0158. The third-order valence-corrected chi connectivity index (χ3v) is 3.66. The zero-order chi connectivity index (χ0) is 15.8. The minimum Gasteiger partial charge on any atom is -0.350 e. The Hall–Kier alpha value is -2.35. The van der Waals surface area contributed by atoms with E-state index in [4.69, 9.17) is 0 Å². The van der Waals surface area contributed by atoms with Crippen molar-refractivity contribution in [3.8, 4) is 0 Å². The molecule has 0 spiro atoms. The van der Waals surface area contributed by atoms with Gasteiger partial charge < -0.3 is 5.32 Å². The second kappa shape index (κ2) is 8.18. The van der Waals surface area contributed by atoms with Crippen LogP contribution in [0, 0.1) is 0 Å². The topological polar surface area (TPSA) is 29.1 Å². The molecule has 0 radical (unpaired) electrons. The number of benzene rings is 2. The molecule has 2 rings (SSSR count). The lowest BCUT2D eigenvalue weighted by Gasteiger charge is -2.14. The Morgan fingerprint density at radius 3 is 2.23 bits per heavy atom. The Morgan fingerprint density at radius 2 is 1.64 bits per heavy atom. The van der Waals surface area contributed by atoms with Crippen LogP contribution in [0.1, 0.15) is 31.4 Å². The van der Waals surface area contributed by atoms with E-state index in [1.807, 2.05) is 61.5 Å². The van der Waals surface area contributed by atoms with Gasteiger partial charge in [-0.05, 0) is 30.5 Å². The number of hydrogen-bond acceptors (Lipinski definition) is 1. The van der Waals surface area contributed by atoms with Crippen molar-refractivity contribution in [2.45, 2.75) is 32.7 Å². The lowest BCUT2D eigenvalue weighted by Crippen LogP contribution is -2.33. The molecule has 2 aromatic carbocycles. The molecule has 22 heavy (non-hydrogen) atoms. The van der Waals surface area contributed by atoms with E-state index in [9.17, 15) is 4.79 Å². The molecule has 0 aliphatic carbocycles. The van der Waals surface area contributed by atoms with Crippen LogP contribution in [0.25, 0.3) is 6.08 Å². The average molecular weight is 293 g/mol. The minimum atomic E-state index is 0.0158. The second-order valence-electron chi connectivity index (χ2n) is 5.53. The molecular weight excluding hydrogens is 270 g/mol. The molecule has 114 valence electrons. The summed E-state index contributed by atoms with van der Waals surface area (Å²) in [4.78, 5) is 12.5. The second-order valence-corrected chi connectivity index (χ2v) is 5.53. The van der Waals surface area contributed by atoms with Gasteiger partial charge >= 0.3 is 0 Å². The average Bonchev–Trinajstić information content (AvgIpc) is 2.56. The number of carbonyl (C=O) groups excluding carboxylic acids is 1. The molecule has 1 unspecified atom stereocenters. The Balaban J connectivity index is 2.24. The maximum atomic E-state index is 12.5. The van der Waals surface area contributed by atoms with Crippen LogP contribution >= 0.6 is 0 Å². The van der Waals surface area contributed by atoms with Crippen molar-refractivity contribution >= 4 is 12.0 Å². The van der Waals surface area contributed by atoms with Crippen molar-refractivity contribution < 1.29 is 4.79 Å². The number of rotatable bonds is 6. The highest BCUT2D eigenvalue weighted by molar-refractivity contribution is 5.98. The Bertz CT molecular complexity index is 617. The molecule has 0 aromatic heterocycles. The predicted molar refractivity (Wildman–Crippen MR) is 92.5 cm³/mol. The van der Waals surface area contributed by atoms with Gasteiger partial charge in [-0.15, -0.1) is 0 Å². The first-order chi connectivity index (χ1) is 10.7. The van der Waals surface area contributed by atoms with E-state index in [0.717, 1.165) is 23.1 Å². The number of hydrogen-bond donors (Lipinski definition) is 1. The van der Waals surface area contributed by atoms with E-state index in [1.165, 1.54) is 0 Å². The molecule has 0 bridgehead atoms. The Kier molecular flexibility index (Phi) is 5.96. The summed E-state index contributed by atoms with van der Waals surface area (Å²) in [6.45, 7) is 4.10. The largest absolute Gasteiger partial charge is 0.350 e. The van der Waals surface area contributed by atoms with Gasteiger partial charge in [-0.2, -0.15) is 0 Å². The van der Waals surface area contributed by atoms with Gasteiger partial charge in [-0.3, -0.25) is 4.79 Å². The predicted octanol–water partition coefficient (Wildman–Crippen LogP) is 4.23. The first kappa shape index (κ1) is 16.0. The molecule has 2 nitrogen and oxygen atoms in total. The third kappa shape index (κ3) is 4.88. The maximum Gasteiger partial charge on any atom is 0.247 e. The SMILES string of the molecule is CCC(C)NC(=O)C(=Cc1ccccc1)Cc1ccccc1. The third-order valence-electron chi connectivity index (χ3n) is 3.66. The van der Waals surface area contributed by atoms with Gasteiger partial charge in [0.1, 0.15) is 0 Å². The van der Waals surface area contributed by atoms with Crippen LogP contribution in [-0.4, -0.2) is 11.9 Å². The summed E-state index contributed by atoms with van der Waals surface area (Å²) in [6, 6.07) is 20.3. The van der Waals surface area contributed by atoms with Crippen molar-refractivity contribution in [3.63, 3.8) is 0 Å². The molecule has 0 fully saturated rings. The fourth-order valence-electron chi connectivity index (χ4n) is 2.18. The Labute approximate surface area is 132 Å². The fourth-order valence-corrected chi connectivity index (χ4v) is 2.18. The van der Waals surface area contributed by atoms with E-state index >= 15 is 0 Å². The highest BCUT2D eigenvalue weighted by atomic mass is 16.1. The number of amides is 1. The lowest BCUT2D eigenvalue weighted by atomic mass is 10.0. The van der Waals surface area contributed by atoms with Crippen LogP contribution in [-0.2, 0) is 11.2 Å². The van der Waals surface area contributed by atoms with Gasteiger partial charge in [0, 0.05) is 18.0 Å². The van der Waals surface area contributed by atoms with Gasteiger partial charge in [0.25, 0.3) is 0 Å². The molecule has 1 atom stereocenters. The van der Waals surface area contributed by atoms with Gasteiger partial charge in [0.2, 0.25) is 5.91 Å². The lowest BCUT2D eigenvalue weighted by molar-refractivity contribution is -0.118. The van der Waals surface area contributed by atoms with Crippen molar-refractivity contribution in [1.82, 2.24) is 5.32 Å². The standard InChI is InChI=1S/C20H23NO/c1-3-16(2)21-20(22)19(14-17-10-6-4-7-11-17)15-18-12-8-5-9-13-18/h4-14,16H,3,15H2,1-2H3,(H,21,22). The molecule has 1 N–H and O–H groups in total. The van der Waals surface area contributed by atoms with Crippen LogP contribution in [0.2, 0.25) is 0 Å². The van der Waals surface area contributed by atoms with E-state index in [-0.39, 0.29) is 11.9 Å². The minimum absolute atomic E-state index is 0.0158. The van der Waals surface area contributed by atoms with E-state index in [2.05, 4.69) is 24.4 Å². The summed E-state index contributed by atoms with van der Waals surface area (Å²) in [7, 11) is 0. The van der Waals surface area contributed by atoms with Crippen molar-refractivity contribution in [3.05, 3.63) is 77.4 Å². The number of carbonyl (C=O) groups is 1. The molecule has 0 aliphatic rings. The maximum absolute atomic E-state index is 12.5. The normalized spacial score (nSPS) is 12.7. The van der Waals surface area contributed by atoms with E-state index < -0.39 is 0 Å². The van der Waals surface area contributed by atoms with Gasteiger partial charge in [-0.1, -0.05) is 67.6 Å². The van der Waals surface area contributed by atoms with E-state index in [1.54, 1.807) is 0 Å². The zero-order valence-corrected chi connectivity index (χ0v) is 13.3. The fraction of sp³-hybridized carbons (Fsp3) is 0.250.